The highest BCUT2D eigenvalue weighted by Crippen LogP contribution is 2.26. The first-order chi connectivity index (χ1) is 9.51. The van der Waals surface area contributed by atoms with Crippen LogP contribution in [-0.4, -0.2) is 11.7 Å². The monoisotopic (exact) mass is 269 g/mol. The van der Waals surface area contributed by atoms with Gasteiger partial charge in [0, 0.05) is 5.69 Å². The van der Waals surface area contributed by atoms with Crippen molar-refractivity contribution in [2.24, 2.45) is 0 Å². The molecule has 2 aromatic rings. The second-order valence-electron chi connectivity index (χ2n) is 5.56. The molecule has 2 rings (SSSR count). The Morgan fingerprint density at radius 1 is 0.950 bits per heavy atom. The lowest BCUT2D eigenvalue weighted by molar-refractivity contribution is 0.275. The molecule has 0 radical (unpaired) electrons. The molecule has 0 bridgehead atoms. The second kappa shape index (κ2) is 6.10. The highest BCUT2D eigenvalue weighted by Gasteiger charge is 2.15. The van der Waals surface area contributed by atoms with Crippen molar-refractivity contribution in [3.8, 4) is 0 Å². The van der Waals surface area contributed by atoms with Gasteiger partial charge in [-0.3, -0.25) is 0 Å². The van der Waals surface area contributed by atoms with E-state index in [1.54, 1.807) is 0 Å². The minimum absolute atomic E-state index is 0.0719. The number of aliphatic hydroxyl groups is 1. The maximum Gasteiger partial charge on any atom is 0.0750 e. The number of benzene rings is 2. The average Bonchev–Trinajstić information content (AvgIpc) is 2.36. The van der Waals surface area contributed by atoms with Gasteiger partial charge in [0.1, 0.15) is 0 Å². The van der Waals surface area contributed by atoms with Crippen LogP contribution < -0.4 is 5.32 Å². The quantitative estimate of drug-likeness (QED) is 0.877. The molecule has 2 nitrogen and oxygen atoms in total. The molecule has 2 N–H and O–H groups in total. The summed E-state index contributed by atoms with van der Waals surface area (Å²) < 4.78 is 0. The summed E-state index contributed by atoms with van der Waals surface area (Å²) in [6, 6.07) is 12.5. The van der Waals surface area contributed by atoms with E-state index in [0.717, 1.165) is 5.69 Å². The fourth-order valence-corrected chi connectivity index (χ4v) is 2.89. The molecule has 2 heteroatoms. The topological polar surface area (TPSA) is 32.3 Å². The van der Waals surface area contributed by atoms with Gasteiger partial charge in [0.15, 0.2) is 0 Å². The molecule has 1 unspecified atom stereocenters. The third-order valence-electron chi connectivity index (χ3n) is 3.63. The summed E-state index contributed by atoms with van der Waals surface area (Å²) >= 11 is 0. The predicted octanol–water partition coefficient (Wildman–Crippen LogP) is 4.07. The standard InChI is InChI=1S/C18H23NO/c1-12-6-5-7-16(10-12)19-17(11-20)18-14(3)8-13(2)9-15(18)4/h5-10,17,19-20H,11H2,1-4H3. The maximum absolute atomic E-state index is 9.77. The van der Waals surface area contributed by atoms with Crippen molar-refractivity contribution < 1.29 is 5.11 Å². The Hall–Kier alpha value is -1.80. The minimum atomic E-state index is -0.0719. The molecule has 20 heavy (non-hydrogen) atoms. The largest absolute Gasteiger partial charge is 0.394 e. The number of hydrogen-bond donors (Lipinski definition) is 2. The van der Waals surface area contributed by atoms with Gasteiger partial charge in [0.05, 0.1) is 12.6 Å². The molecule has 0 saturated heterocycles. The van der Waals surface area contributed by atoms with Crippen LogP contribution in [0.3, 0.4) is 0 Å². The van der Waals surface area contributed by atoms with Crippen LogP contribution in [0.2, 0.25) is 0 Å². The molecular formula is C18H23NO. The predicted molar refractivity (Wildman–Crippen MR) is 85.3 cm³/mol. The van der Waals surface area contributed by atoms with Crippen LogP contribution in [0, 0.1) is 27.7 Å². The Balaban J connectivity index is 2.34. The van der Waals surface area contributed by atoms with Gasteiger partial charge in [0.25, 0.3) is 0 Å². The van der Waals surface area contributed by atoms with Gasteiger partial charge in [-0.15, -0.1) is 0 Å². The molecule has 1 atom stereocenters. The van der Waals surface area contributed by atoms with E-state index in [1.165, 1.54) is 27.8 Å². The van der Waals surface area contributed by atoms with Crippen LogP contribution in [0.5, 0.6) is 0 Å². The molecule has 0 aliphatic carbocycles. The number of anilines is 1. The summed E-state index contributed by atoms with van der Waals surface area (Å²) in [5.74, 6) is 0. The fourth-order valence-electron chi connectivity index (χ4n) is 2.89. The van der Waals surface area contributed by atoms with Crippen LogP contribution in [0.15, 0.2) is 36.4 Å². The van der Waals surface area contributed by atoms with Gasteiger partial charge in [-0.1, -0.05) is 29.8 Å². The Bertz CT molecular complexity index is 581. The third kappa shape index (κ3) is 3.20. The Labute approximate surface area is 121 Å². The molecule has 0 spiro atoms. The van der Waals surface area contributed by atoms with E-state index in [-0.39, 0.29) is 12.6 Å². The van der Waals surface area contributed by atoms with E-state index in [0.29, 0.717) is 0 Å². The summed E-state index contributed by atoms with van der Waals surface area (Å²) in [7, 11) is 0. The number of nitrogens with one attached hydrogen (secondary N) is 1. The lowest BCUT2D eigenvalue weighted by atomic mass is 9.94. The summed E-state index contributed by atoms with van der Waals surface area (Å²) in [5.41, 5.74) is 7.16. The number of aryl methyl sites for hydroxylation is 4. The maximum atomic E-state index is 9.77. The second-order valence-corrected chi connectivity index (χ2v) is 5.56. The lowest BCUT2D eigenvalue weighted by Crippen LogP contribution is -2.17. The number of rotatable bonds is 4. The van der Waals surface area contributed by atoms with Gasteiger partial charge < -0.3 is 10.4 Å². The molecule has 0 aliphatic heterocycles. The van der Waals surface area contributed by atoms with Crippen LogP contribution in [0.25, 0.3) is 0 Å². The van der Waals surface area contributed by atoms with Crippen molar-refractivity contribution in [2.75, 3.05) is 11.9 Å². The van der Waals surface area contributed by atoms with E-state index in [1.807, 2.05) is 12.1 Å². The number of aliphatic hydroxyl groups excluding tert-OH is 1. The van der Waals surface area contributed by atoms with E-state index < -0.39 is 0 Å². The van der Waals surface area contributed by atoms with Crippen LogP contribution in [0.4, 0.5) is 5.69 Å². The van der Waals surface area contributed by atoms with Crippen molar-refractivity contribution >= 4 is 5.69 Å². The zero-order chi connectivity index (χ0) is 14.7. The SMILES string of the molecule is Cc1cccc(NC(CO)c2c(C)cc(C)cc2C)c1. The van der Waals surface area contributed by atoms with E-state index in [2.05, 4.69) is 57.3 Å². The summed E-state index contributed by atoms with van der Waals surface area (Å²) in [6.45, 7) is 8.47. The van der Waals surface area contributed by atoms with E-state index >= 15 is 0 Å². The number of hydrogen-bond acceptors (Lipinski definition) is 2. The van der Waals surface area contributed by atoms with Gasteiger partial charge in [-0.05, 0) is 62.1 Å². The van der Waals surface area contributed by atoms with Crippen LogP contribution in [0.1, 0.15) is 33.9 Å². The zero-order valence-corrected chi connectivity index (χ0v) is 12.7. The highest BCUT2D eigenvalue weighted by molar-refractivity contribution is 5.50. The average molecular weight is 269 g/mol. The van der Waals surface area contributed by atoms with Crippen molar-refractivity contribution in [1.29, 1.82) is 0 Å². The van der Waals surface area contributed by atoms with E-state index in [9.17, 15) is 5.11 Å². The minimum Gasteiger partial charge on any atom is -0.394 e. The summed E-state index contributed by atoms with van der Waals surface area (Å²) in [4.78, 5) is 0. The molecule has 0 heterocycles. The molecule has 2 aromatic carbocycles. The molecule has 0 fully saturated rings. The van der Waals surface area contributed by atoms with Crippen molar-refractivity contribution in [3.05, 3.63) is 64.2 Å². The lowest BCUT2D eigenvalue weighted by Gasteiger charge is -2.23. The van der Waals surface area contributed by atoms with Crippen molar-refractivity contribution in [2.45, 2.75) is 33.7 Å². The van der Waals surface area contributed by atoms with Gasteiger partial charge >= 0.3 is 0 Å². The van der Waals surface area contributed by atoms with Gasteiger partial charge in [-0.2, -0.15) is 0 Å². The smallest absolute Gasteiger partial charge is 0.0750 e. The Kier molecular flexibility index (Phi) is 4.46. The molecule has 0 aliphatic rings. The molecule has 106 valence electrons. The fraction of sp³-hybridized carbons (Fsp3) is 0.333. The van der Waals surface area contributed by atoms with Crippen LogP contribution in [-0.2, 0) is 0 Å². The summed E-state index contributed by atoms with van der Waals surface area (Å²) in [6.07, 6.45) is 0. The summed E-state index contributed by atoms with van der Waals surface area (Å²) in [5, 5.41) is 13.2. The van der Waals surface area contributed by atoms with Gasteiger partial charge in [-0.25, -0.2) is 0 Å². The van der Waals surface area contributed by atoms with Crippen LogP contribution >= 0.6 is 0 Å². The van der Waals surface area contributed by atoms with Gasteiger partial charge in [0.2, 0.25) is 0 Å². The molecule has 0 amide bonds. The third-order valence-corrected chi connectivity index (χ3v) is 3.63. The first-order valence-electron chi connectivity index (χ1n) is 7.03. The molecule has 0 saturated carbocycles. The molecular weight excluding hydrogens is 246 g/mol. The van der Waals surface area contributed by atoms with E-state index in [4.69, 9.17) is 0 Å². The molecule has 0 aromatic heterocycles. The Morgan fingerprint density at radius 3 is 2.15 bits per heavy atom. The highest BCUT2D eigenvalue weighted by atomic mass is 16.3. The normalized spacial score (nSPS) is 12.2. The van der Waals surface area contributed by atoms with Crippen molar-refractivity contribution in [3.63, 3.8) is 0 Å². The first kappa shape index (κ1) is 14.6. The zero-order valence-electron chi connectivity index (χ0n) is 12.7. The van der Waals surface area contributed by atoms with Crippen molar-refractivity contribution in [1.82, 2.24) is 0 Å². The first-order valence-corrected chi connectivity index (χ1v) is 7.03. The Morgan fingerprint density at radius 2 is 1.60 bits per heavy atom.